The van der Waals surface area contributed by atoms with Crippen molar-refractivity contribution in [3.63, 3.8) is 0 Å². The number of halogens is 1. The molecule has 1 aliphatic rings. The van der Waals surface area contributed by atoms with Gasteiger partial charge in [-0.3, -0.25) is 14.5 Å². The number of rotatable bonds is 6. The Hall–Kier alpha value is -2.29. The van der Waals surface area contributed by atoms with Crippen LogP contribution >= 0.6 is 11.3 Å². The molecular weight excluding hydrogens is 379 g/mol. The fourth-order valence-corrected chi connectivity index (χ4v) is 3.85. The van der Waals surface area contributed by atoms with Gasteiger partial charge in [0.1, 0.15) is 5.82 Å². The van der Waals surface area contributed by atoms with Gasteiger partial charge in [0.2, 0.25) is 0 Å². The summed E-state index contributed by atoms with van der Waals surface area (Å²) in [7, 11) is 2.07. The van der Waals surface area contributed by atoms with Crippen molar-refractivity contribution < 1.29 is 14.0 Å². The molecule has 0 aliphatic carbocycles. The van der Waals surface area contributed by atoms with E-state index in [9.17, 15) is 14.0 Å². The monoisotopic (exact) mass is 404 g/mol. The first-order valence-electron chi connectivity index (χ1n) is 9.29. The minimum atomic E-state index is -0.655. The SMILES string of the molecule is CN1CCN([C@H](CNC(=O)C(=O)NCc2cccs2)c2ccc(F)cc2)CC1. The van der Waals surface area contributed by atoms with E-state index in [2.05, 4.69) is 27.5 Å². The second kappa shape index (κ2) is 9.77. The van der Waals surface area contributed by atoms with E-state index in [1.165, 1.54) is 23.5 Å². The van der Waals surface area contributed by atoms with E-state index < -0.39 is 11.8 Å². The van der Waals surface area contributed by atoms with Crippen molar-refractivity contribution in [1.82, 2.24) is 20.4 Å². The standard InChI is InChI=1S/C20H25FN4O2S/c1-24-8-10-25(11-9-24)18(15-4-6-16(21)7-5-15)14-23-20(27)19(26)22-13-17-3-2-12-28-17/h2-7,12,18H,8-11,13-14H2,1H3,(H,22,26)(H,23,27)/t18-/m1/s1. The van der Waals surface area contributed by atoms with E-state index in [0.29, 0.717) is 13.1 Å². The summed E-state index contributed by atoms with van der Waals surface area (Å²) in [5, 5.41) is 7.29. The van der Waals surface area contributed by atoms with Gasteiger partial charge in [0, 0.05) is 37.6 Å². The van der Waals surface area contributed by atoms with Gasteiger partial charge in [-0.05, 0) is 36.2 Å². The summed E-state index contributed by atoms with van der Waals surface area (Å²) in [4.78, 5) is 29.8. The number of hydrogen-bond acceptors (Lipinski definition) is 5. The van der Waals surface area contributed by atoms with Crippen LogP contribution in [0.5, 0.6) is 0 Å². The fourth-order valence-electron chi connectivity index (χ4n) is 3.21. The Morgan fingerprint density at radius 3 is 2.39 bits per heavy atom. The number of piperazine rings is 1. The van der Waals surface area contributed by atoms with Crippen molar-refractivity contribution in [1.29, 1.82) is 0 Å². The zero-order valence-electron chi connectivity index (χ0n) is 15.9. The van der Waals surface area contributed by atoms with Crippen LogP contribution in [-0.2, 0) is 16.1 Å². The zero-order chi connectivity index (χ0) is 19.9. The van der Waals surface area contributed by atoms with Crippen molar-refractivity contribution in [2.75, 3.05) is 39.8 Å². The first kappa shape index (κ1) is 20.4. The Kier molecular flexibility index (Phi) is 7.13. The molecule has 0 spiro atoms. The third-order valence-corrected chi connectivity index (χ3v) is 5.78. The fraction of sp³-hybridized carbons (Fsp3) is 0.400. The first-order valence-corrected chi connectivity index (χ1v) is 10.2. The molecule has 0 bridgehead atoms. The zero-order valence-corrected chi connectivity index (χ0v) is 16.7. The summed E-state index contributed by atoms with van der Waals surface area (Å²) < 4.78 is 13.3. The van der Waals surface area contributed by atoms with Crippen LogP contribution in [0.25, 0.3) is 0 Å². The average molecular weight is 405 g/mol. The Labute approximate surface area is 168 Å². The summed E-state index contributed by atoms with van der Waals surface area (Å²) in [6.07, 6.45) is 0. The van der Waals surface area contributed by atoms with Crippen LogP contribution in [0.2, 0.25) is 0 Å². The van der Waals surface area contributed by atoms with Crippen molar-refractivity contribution in [2.45, 2.75) is 12.6 Å². The molecule has 8 heteroatoms. The van der Waals surface area contributed by atoms with E-state index in [-0.39, 0.29) is 11.9 Å². The number of hydrogen-bond donors (Lipinski definition) is 2. The van der Waals surface area contributed by atoms with Crippen LogP contribution in [0.4, 0.5) is 4.39 Å². The molecule has 150 valence electrons. The highest BCUT2D eigenvalue weighted by Gasteiger charge is 2.25. The molecule has 6 nitrogen and oxygen atoms in total. The Bertz CT molecular complexity index is 774. The molecule has 1 saturated heterocycles. The summed E-state index contributed by atoms with van der Waals surface area (Å²) in [6.45, 7) is 4.17. The van der Waals surface area contributed by atoms with Gasteiger partial charge in [-0.25, -0.2) is 4.39 Å². The minimum Gasteiger partial charge on any atom is -0.346 e. The maximum absolute atomic E-state index is 13.3. The van der Waals surface area contributed by atoms with Gasteiger partial charge in [0.25, 0.3) is 0 Å². The molecule has 0 saturated carbocycles. The number of carbonyl (C=O) groups excluding carboxylic acids is 2. The highest BCUT2D eigenvalue weighted by atomic mass is 32.1. The van der Waals surface area contributed by atoms with E-state index >= 15 is 0 Å². The highest BCUT2D eigenvalue weighted by Crippen LogP contribution is 2.22. The molecule has 1 fully saturated rings. The molecule has 1 aromatic carbocycles. The van der Waals surface area contributed by atoms with Crippen LogP contribution < -0.4 is 10.6 Å². The number of carbonyl (C=O) groups is 2. The molecule has 1 aliphatic heterocycles. The summed E-state index contributed by atoms with van der Waals surface area (Å²) in [5.74, 6) is -1.60. The van der Waals surface area contributed by atoms with Crippen molar-refractivity contribution >= 4 is 23.2 Å². The summed E-state index contributed by atoms with van der Waals surface area (Å²) in [5.41, 5.74) is 0.922. The maximum atomic E-state index is 13.3. The average Bonchev–Trinajstić information content (AvgIpc) is 3.22. The molecule has 1 atom stereocenters. The molecule has 3 rings (SSSR count). The lowest BCUT2D eigenvalue weighted by Crippen LogP contribution is -2.49. The number of amides is 2. The van der Waals surface area contributed by atoms with Gasteiger partial charge >= 0.3 is 11.8 Å². The van der Waals surface area contributed by atoms with Gasteiger partial charge in [0.15, 0.2) is 0 Å². The maximum Gasteiger partial charge on any atom is 0.309 e. The van der Waals surface area contributed by atoms with E-state index in [1.54, 1.807) is 12.1 Å². The van der Waals surface area contributed by atoms with Gasteiger partial charge < -0.3 is 15.5 Å². The van der Waals surface area contributed by atoms with E-state index in [1.807, 2.05) is 17.5 Å². The van der Waals surface area contributed by atoms with Gasteiger partial charge in [-0.15, -0.1) is 11.3 Å². The van der Waals surface area contributed by atoms with Gasteiger partial charge in [-0.2, -0.15) is 0 Å². The lowest BCUT2D eigenvalue weighted by molar-refractivity contribution is -0.139. The smallest absolute Gasteiger partial charge is 0.309 e. The first-order chi connectivity index (χ1) is 13.5. The number of thiophene rings is 1. The molecule has 2 amide bonds. The lowest BCUT2D eigenvalue weighted by Gasteiger charge is -2.38. The topological polar surface area (TPSA) is 64.7 Å². The molecule has 2 aromatic rings. The number of likely N-dealkylation sites (N-methyl/N-ethyl adjacent to an activating group) is 1. The molecule has 0 radical (unpaired) electrons. The van der Waals surface area contributed by atoms with Crippen LogP contribution in [0.1, 0.15) is 16.5 Å². The number of nitrogens with zero attached hydrogens (tertiary/aromatic N) is 2. The quantitative estimate of drug-likeness (QED) is 0.718. The Morgan fingerprint density at radius 1 is 1.07 bits per heavy atom. The summed E-state index contributed by atoms with van der Waals surface area (Å²) >= 11 is 1.52. The van der Waals surface area contributed by atoms with Gasteiger partial charge in [-0.1, -0.05) is 18.2 Å². The Balaban J connectivity index is 1.59. The van der Waals surface area contributed by atoms with E-state index in [0.717, 1.165) is 36.6 Å². The van der Waals surface area contributed by atoms with Crippen LogP contribution in [0.3, 0.4) is 0 Å². The number of nitrogens with one attached hydrogen (secondary N) is 2. The minimum absolute atomic E-state index is 0.108. The summed E-state index contributed by atoms with van der Waals surface area (Å²) in [6, 6.07) is 10.0. The second-order valence-electron chi connectivity index (χ2n) is 6.88. The van der Waals surface area contributed by atoms with Crippen molar-refractivity contribution in [2.24, 2.45) is 0 Å². The molecule has 28 heavy (non-hydrogen) atoms. The lowest BCUT2D eigenvalue weighted by atomic mass is 10.0. The molecule has 2 heterocycles. The predicted octanol–water partition coefficient (Wildman–Crippen LogP) is 1.61. The molecule has 1 aromatic heterocycles. The normalized spacial score (nSPS) is 16.5. The molecular formula is C20H25FN4O2S. The third-order valence-electron chi connectivity index (χ3n) is 4.90. The largest absolute Gasteiger partial charge is 0.346 e. The second-order valence-corrected chi connectivity index (χ2v) is 7.91. The van der Waals surface area contributed by atoms with Crippen molar-refractivity contribution in [3.05, 3.63) is 58.0 Å². The molecule has 2 N–H and O–H groups in total. The number of benzene rings is 1. The predicted molar refractivity (Wildman–Crippen MR) is 107 cm³/mol. The van der Waals surface area contributed by atoms with Crippen LogP contribution in [0, 0.1) is 5.82 Å². The Morgan fingerprint density at radius 2 is 1.75 bits per heavy atom. The highest BCUT2D eigenvalue weighted by molar-refractivity contribution is 7.09. The van der Waals surface area contributed by atoms with Crippen LogP contribution in [-0.4, -0.2) is 61.4 Å². The molecule has 0 unspecified atom stereocenters. The van der Waals surface area contributed by atoms with E-state index in [4.69, 9.17) is 0 Å². The van der Waals surface area contributed by atoms with Crippen LogP contribution in [0.15, 0.2) is 41.8 Å². The van der Waals surface area contributed by atoms with Crippen molar-refractivity contribution in [3.8, 4) is 0 Å². The van der Waals surface area contributed by atoms with Gasteiger partial charge in [0.05, 0.1) is 12.6 Å². The third kappa shape index (κ3) is 5.60.